The van der Waals surface area contributed by atoms with Crippen LogP contribution in [0.1, 0.15) is 19.4 Å². The van der Waals surface area contributed by atoms with Crippen LogP contribution in [0.4, 0.5) is 23.7 Å². The molecular formula is C12H14F3NO3. The smallest absolute Gasteiger partial charge is 0.418 e. The molecule has 1 amide bonds. The number of hydrogen-bond donors (Lipinski definition) is 1. The minimum atomic E-state index is -4.60. The van der Waals surface area contributed by atoms with Gasteiger partial charge in [-0.15, -0.1) is 0 Å². The lowest BCUT2D eigenvalue weighted by molar-refractivity contribution is -0.137. The molecule has 0 aromatic heterocycles. The second-order valence-corrected chi connectivity index (χ2v) is 3.99. The fourth-order valence-electron chi connectivity index (χ4n) is 1.35. The van der Waals surface area contributed by atoms with Crippen LogP contribution >= 0.6 is 0 Å². The number of hydrogen-bond acceptors (Lipinski definition) is 3. The van der Waals surface area contributed by atoms with Gasteiger partial charge < -0.3 is 9.47 Å². The Balaban J connectivity index is 3.03. The van der Waals surface area contributed by atoms with Crippen LogP contribution in [0.15, 0.2) is 18.2 Å². The van der Waals surface area contributed by atoms with Crippen molar-refractivity contribution in [2.45, 2.75) is 26.1 Å². The maximum absolute atomic E-state index is 12.8. The molecule has 0 spiro atoms. The molecule has 0 saturated carbocycles. The lowest BCUT2D eigenvalue weighted by Gasteiger charge is -2.15. The summed E-state index contributed by atoms with van der Waals surface area (Å²) in [5, 5.41) is 2.06. The van der Waals surface area contributed by atoms with Crippen LogP contribution in [0.2, 0.25) is 0 Å². The molecule has 0 aliphatic rings. The minimum absolute atomic E-state index is 0.0510. The lowest BCUT2D eigenvalue weighted by Crippen LogP contribution is -2.20. The van der Waals surface area contributed by atoms with Gasteiger partial charge in [0.25, 0.3) is 0 Å². The van der Waals surface area contributed by atoms with Crippen molar-refractivity contribution < 1.29 is 27.4 Å². The highest BCUT2D eigenvalue weighted by Crippen LogP contribution is 2.37. The molecule has 1 aromatic rings. The average Bonchev–Trinajstić information content (AvgIpc) is 2.26. The fraction of sp³-hybridized carbons (Fsp3) is 0.417. The number of ether oxygens (including phenoxy) is 2. The van der Waals surface area contributed by atoms with Crippen molar-refractivity contribution in [3.63, 3.8) is 0 Å². The van der Waals surface area contributed by atoms with E-state index in [0.29, 0.717) is 0 Å². The van der Waals surface area contributed by atoms with Crippen LogP contribution in [-0.4, -0.2) is 19.3 Å². The number of anilines is 1. The Morgan fingerprint density at radius 1 is 1.32 bits per heavy atom. The predicted molar refractivity (Wildman–Crippen MR) is 63.2 cm³/mol. The summed E-state index contributed by atoms with van der Waals surface area (Å²) in [4.78, 5) is 11.3. The molecule has 0 saturated heterocycles. The van der Waals surface area contributed by atoms with Crippen molar-refractivity contribution in [2.24, 2.45) is 0 Å². The first-order chi connectivity index (χ1) is 8.74. The Bertz CT molecular complexity index is 458. The van der Waals surface area contributed by atoms with Gasteiger partial charge in [0.15, 0.2) is 0 Å². The van der Waals surface area contributed by atoms with Gasteiger partial charge in [-0.1, -0.05) is 0 Å². The first-order valence-electron chi connectivity index (χ1n) is 5.47. The zero-order chi connectivity index (χ0) is 14.6. The van der Waals surface area contributed by atoms with Gasteiger partial charge in [-0.2, -0.15) is 13.2 Å². The number of carbonyl (C=O) groups is 1. The predicted octanol–water partition coefficient (Wildman–Crippen LogP) is 3.67. The molecule has 7 heteroatoms. The van der Waals surface area contributed by atoms with Gasteiger partial charge in [-0.05, 0) is 32.0 Å². The van der Waals surface area contributed by atoms with Gasteiger partial charge in [0.1, 0.15) is 5.75 Å². The molecule has 0 aliphatic heterocycles. The summed E-state index contributed by atoms with van der Waals surface area (Å²) < 4.78 is 48.0. The molecule has 1 rings (SSSR count). The van der Waals surface area contributed by atoms with E-state index >= 15 is 0 Å². The molecule has 0 unspecified atom stereocenters. The Hall–Kier alpha value is -1.92. The van der Waals surface area contributed by atoms with Crippen LogP contribution in [0.3, 0.4) is 0 Å². The van der Waals surface area contributed by atoms with Crippen molar-refractivity contribution in [3.8, 4) is 5.75 Å². The van der Waals surface area contributed by atoms with E-state index in [-0.39, 0.29) is 11.4 Å². The molecule has 1 N–H and O–H groups in total. The summed E-state index contributed by atoms with van der Waals surface area (Å²) in [6.45, 7) is 3.19. The zero-order valence-electron chi connectivity index (χ0n) is 10.7. The number of alkyl halides is 3. The number of amides is 1. The number of benzene rings is 1. The van der Waals surface area contributed by atoms with E-state index in [4.69, 9.17) is 9.47 Å². The van der Waals surface area contributed by atoms with Crippen LogP contribution in [0, 0.1) is 0 Å². The molecule has 0 radical (unpaired) electrons. The highest BCUT2D eigenvalue weighted by Gasteiger charge is 2.34. The molecular weight excluding hydrogens is 263 g/mol. The molecule has 0 bridgehead atoms. The van der Waals surface area contributed by atoms with E-state index in [9.17, 15) is 18.0 Å². The molecule has 1 aromatic carbocycles. The summed E-state index contributed by atoms with van der Waals surface area (Å²) in [7, 11) is 1.26. The summed E-state index contributed by atoms with van der Waals surface area (Å²) in [6, 6.07) is 3.24. The third kappa shape index (κ3) is 4.35. The van der Waals surface area contributed by atoms with Crippen molar-refractivity contribution >= 4 is 11.8 Å². The molecule has 19 heavy (non-hydrogen) atoms. The quantitative estimate of drug-likeness (QED) is 0.917. The van der Waals surface area contributed by atoms with Crippen molar-refractivity contribution in [3.05, 3.63) is 23.8 Å². The van der Waals surface area contributed by atoms with Crippen molar-refractivity contribution in [1.29, 1.82) is 0 Å². The number of methoxy groups -OCH3 is 1. The van der Waals surface area contributed by atoms with Gasteiger partial charge in [-0.25, -0.2) is 4.79 Å². The van der Waals surface area contributed by atoms with Crippen molar-refractivity contribution in [1.82, 2.24) is 0 Å². The van der Waals surface area contributed by atoms with Gasteiger partial charge >= 0.3 is 12.3 Å². The summed E-state index contributed by atoms with van der Waals surface area (Å²) >= 11 is 0. The SMILES string of the molecule is COc1ccc(NC(=O)OC(C)C)c(C(F)(F)F)c1. The van der Waals surface area contributed by atoms with E-state index in [1.165, 1.54) is 13.2 Å². The van der Waals surface area contributed by atoms with E-state index in [1.54, 1.807) is 13.8 Å². The largest absolute Gasteiger partial charge is 0.497 e. The van der Waals surface area contributed by atoms with E-state index in [1.807, 2.05) is 0 Å². The van der Waals surface area contributed by atoms with E-state index in [0.717, 1.165) is 12.1 Å². The molecule has 0 heterocycles. The van der Waals surface area contributed by atoms with Gasteiger partial charge in [-0.3, -0.25) is 5.32 Å². The van der Waals surface area contributed by atoms with Gasteiger partial charge in [0, 0.05) is 0 Å². The van der Waals surface area contributed by atoms with Crippen LogP contribution < -0.4 is 10.1 Å². The number of carbonyl (C=O) groups excluding carboxylic acids is 1. The summed E-state index contributed by atoms with van der Waals surface area (Å²) in [6.07, 6.45) is -5.96. The second-order valence-electron chi connectivity index (χ2n) is 3.99. The summed E-state index contributed by atoms with van der Waals surface area (Å²) in [5.74, 6) is 0.0510. The number of nitrogens with one attached hydrogen (secondary N) is 1. The van der Waals surface area contributed by atoms with Crippen LogP contribution in [0.5, 0.6) is 5.75 Å². The molecule has 0 atom stereocenters. The van der Waals surface area contributed by atoms with Crippen LogP contribution in [-0.2, 0) is 10.9 Å². The maximum Gasteiger partial charge on any atom is 0.418 e. The Morgan fingerprint density at radius 3 is 2.42 bits per heavy atom. The Kier molecular flexibility index (Phi) is 4.63. The first-order valence-corrected chi connectivity index (χ1v) is 5.47. The first kappa shape index (κ1) is 15.1. The fourth-order valence-corrected chi connectivity index (χ4v) is 1.35. The molecule has 4 nitrogen and oxygen atoms in total. The minimum Gasteiger partial charge on any atom is -0.497 e. The summed E-state index contributed by atoms with van der Waals surface area (Å²) in [5.41, 5.74) is -1.37. The van der Waals surface area contributed by atoms with E-state index < -0.39 is 23.9 Å². The second kappa shape index (κ2) is 5.81. The van der Waals surface area contributed by atoms with Gasteiger partial charge in [0.05, 0.1) is 24.5 Å². The Labute approximate surface area is 108 Å². The Morgan fingerprint density at radius 2 is 1.95 bits per heavy atom. The maximum atomic E-state index is 12.8. The molecule has 0 fully saturated rings. The number of halogens is 3. The third-order valence-corrected chi connectivity index (χ3v) is 2.11. The average molecular weight is 277 g/mol. The van der Waals surface area contributed by atoms with E-state index in [2.05, 4.69) is 5.32 Å². The highest BCUT2D eigenvalue weighted by atomic mass is 19.4. The zero-order valence-corrected chi connectivity index (χ0v) is 10.7. The third-order valence-electron chi connectivity index (χ3n) is 2.11. The molecule has 0 aliphatic carbocycles. The molecule has 106 valence electrons. The standard InChI is InChI=1S/C12H14F3NO3/c1-7(2)19-11(17)16-10-5-4-8(18-3)6-9(10)12(13,14)15/h4-7H,1-3H3,(H,16,17). The van der Waals surface area contributed by atoms with Crippen molar-refractivity contribution in [2.75, 3.05) is 12.4 Å². The van der Waals surface area contributed by atoms with Crippen LogP contribution in [0.25, 0.3) is 0 Å². The lowest BCUT2D eigenvalue weighted by atomic mass is 10.1. The normalized spacial score (nSPS) is 11.3. The number of rotatable bonds is 3. The highest BCUT2D eigenvalue weighted by molar-refractivity contribution is 5.86. The van der Waals surface area contributed by atoms with Gasteiger partial charge in [0.2, 0.25) is 0 Å². The monoisotopic (exact) mass is 277 g/mol. The topological polar surface area (TPSA) is 47.6 Å².